The summed E-state index contributed by atoms with van der Waals surface area (Å²) in [7, 11) is 0. The van der Waals surface area contributed by atoms with Crippen molar-refractivity contribution in [2.24, 2.45) is 5.92 Å². The van der Waals surface area contributed by atoms with Crippen LogP contribution in [0.25, 0.3) is 0 Å². The van der Waals surface area contributed by atoms with Crippen molar-refractivity contribution in [2.75, 3.05) is 13.1 Å². The first-order valence-corrected chi connectivity index (χ1v) is 10.4. The number of aromatic amines is 1. The van der Waals surface area contributed by atoms with E-state index in [0.29, 0.717) is 23.7 Å². The molecule has 5 rings (SSSR count). The van der Waals surface area contributed by atoms with E-state index in [-0.39, 0.29) is 5.92 Å². The van der Waals surface area contributed by atoms with Gasteiger partial charge in [-0.2, -0.15) is 5.10 Å². The molecule has 136 valence electrons. The van der Waals surface area contributed by atoms with E-state index in [4.69, 9.17) is 4.98 Å². The topological polar surface area (TPSA) is 61.9 Å². The zero-order valence-corrected chi connectivity index (χ0v) is 16.3. The number of H-pyrrole nitrogens is 1. The molecule has 3 fully saturated rings. The molecular weight excluding hydrogens is 392 g/mol. The molecule has 1 aromatic heterocycles. The highest BCUT2D eigenvalue weighted by Crippen LogP contribution is 2.49. The fourth-order valence-corrected chi connectivity index (χ4v) is 4.41. The summed E-state index contributed by atoms with van der Waals surface area (Å²) in [5, 5.41) is 7.52. The van der Waals surface area contributed by atoms with Crippen LogP contribution in [0.4, 0.5) is 0 Å². The van der Waals surface area contributed by atoms with E-state index in [2.05, 4.69) is 55.3 Å². The normalized spacial score (nSPS) is 26.1. The van der Waals surface area contributed by atoms with Gasteiger partial charge in [-0.15, -0.1) is 0 Å². The number of carbonyl (C=O) groups is 1. The third kappa shape index (κ3) is 3.20. The van der Waals surface area contributed by atoms with E-state index >= 15 is 0 Å². The second-order valence-electron chi connectivity index (χ2n) is 7.95. The lowest BCUT2D eigenvalue weighted by atomic mass is 9.95. The SMILES string of the molecule is O=C(C1CC1c1ccc(Br)cc1)N1CCC(c2nc(C3CC3)n[nH]2)CC1. The Morgan fingerprint density at radius 1 is 1.08 bits per heavy atom. The molecular formula is C20H23BrN4O. The summed E-state index contributed by atoms with van der Waals surface area (Å²) in [5.41, 5.74) is 1.29. The van der Waals surface area contributed by atoms with Gasteiger partial charge in [-0.05, 0) is 55.7 Å². The smallest absolute Gasteiger partial charge is 0.226 e. The first kappa shape index (κ1) is 16.5. The number of nitrogens with one attached hydrogen (secondary N) is 1. The molecule has 2 aliphatic carbocycles. The number of benzene rings is 1. The van der Waals surface area contributed by atoms with Crippen molar-refractivity contribution in [3.63, 3.8) is 0 Å². The maximum absolute atomic E-state index is 12.8. The van der Waals surface area contributed by atoms with Crippen molar-refractivity contribution in [2.45, 2.75) is 49.9 Å². The summed E-state index contributed by atoms with van der Waals surface area (Å²) in [5.74, 6) is 3.95. The van der Waals surface area contributed by atoms with Crippen molar-refractivity contribution in [1.82, 2.24) is 20.1 Å². The van der Waals surface area contributed by atoms with Crippen LogP contribution < -0.4 is 0 Å². The molecule has 2 saturated carbocycles. The molecule has 6 heteroatoms. The second kappa shape index (κ2) is 6.48. The number of carbonyl (C=O) groups excluding carboxylic acids is 1. The van der Waals surface area contributed by atoms with E-state index in [1.54, 1.807) is 0 Å². The van der Waals surface area contributed by atoms with Crippen molar-refractivity contribution < 1.29 is 4.79 Å². The van der Waals surface area contributed by atoms with Crippen molar-refractivity contribution in [1.29, 1.82) is 0 Å². The van der Waals surface area contributed by atoms with Crippen LogP contribution in [0.15, 0.2) is 28.7 Å². The van der Waals surface area contributed by atoms with E-state index in [1.807, 2.05) is 0 Å². The molecule has 2 atom stereocenters. The van der Waals surface area contributed by atoms with E-state index < -0.39 is 0 Å². The largest absolute Gasteiger partial charge is 0.342 e. The van der Waals surface area contributed by atoms with Crippen LogP contribution >= 0.6 is 15.9 Å². The molecule has 0 radical (unpaired) electrons. The Bertz CT molecular complexity index is 805. The maximum Gasteiger partial charge on any atom is 0.226 e. The fraction of sp³-hybridized carbons (Fsp3) is 0.550. The number of nitrogens with zero attached hydrogens (tertiary/aromatic N) is 3. The monoisotopic (exact) mass is 414 g/mol. The van der Waals surface area contributed by atoms with Gasteiger partial charge in [0.25, 0.3) is 0 Å². The summed E-state index contributed by atoms with van der Waals surface area (Å²) in [6.45, 7) is 1.68. The number of hydrogen-bond acceptors (Lipinski definition) is 3. The predicted molar refractivity (Wildman–Crippen MR) is 102 cm³/mol. The summed E-state index contributed by atoms with van der Waals surface area (Å²) in [6.07, 6.45) is 5.42. The molecule has 26 heavy (non-hydrogen) atoms. The van der Waals surface area contributed by atoms with Gasteiger partial charge in [-0.3, -0.25) is 9.89 Å². The standard InChI is InChI=1S/C20H23BrN4O/c21-15-5-3-12(4-6-15)16-11-17(16)20(26)25-9-7-14(8-10-25)19-22-18(23-24-19)13-1-2-13/h3-6,13-14,16-17H,1-2,7-11H2,(H,22,23,24). The molecule has 2 unspecified atom stereocenters. The van der Waals surface area contributed by atoms with Crippen molar-refractivity contribution in [3.05, 3.63) is 46.0 Å². The Hall–Kier alpha value is -1.69. The Morgan fingerprint density at radius 3 is 2.50 bits per heavy atom. The number of piperidine rings is 1. The zero-order chi connectivity index (χ0) is 17.7. The molecule has 3 aliphatic rings. The molecule has 1 N–H and O–H groups in total. The minimum Gasteiger partial charge on any atom is -0.342 e. The molecule has 5 nitrogen and oxygen atoms in total. The van der Waals surface area contributed by atoms with Crippen LogP contribution in [-0.2, 0) is 4.79 Å². The lowest BCUT2D eigenvalue weighted by Gasteiger charge is -2.31. The number of rotatable bonds is 4. The maximum atomic E-state index is 12.8. The Kier molecular flexibility index (Phi) is 4.11. The zero-order valence-electron chi connectivity index (χ0n) is 14.7. The Labute approximate surface area is 161 Å². The number of likely N-dealkylation sites (tertiary alicyclic amines) is 1. The highest BCUT2D eigenvalue weighted by atomic mass is 79.9. The average molecular weight is 415 g/mol. The lowest BCUT2D eigenvalue weighted by molar-refractivity contribution is -0.133. The molecule has 0 bridgehead atoms. The van der Waals surface area contributed by atoms with Gasteiger partial charge >= 0.3 is 0 Å². The van der Waals surface area contributed by atoms with Gasteiger partial charge in [0.2, 0.25) is 5.91 Å². The van der Waals surface area contributed by atoms with Crippen LogP contribution in [0.1, 0.15) is 67.1 Å². The number of amides is 1. The quantitative estimate of drug-likeness (QED) is 0.823. The van der Waals surface area contributed by atoms with Crippen LogP contribution in [0.2, 0.25) is 0 Å². The van der Waals surface area contributed by atoms with Gasteiger partial charge in [0.1, 0.15) is 5.82 Å². The van der Waals surface area contributed by atoms with Gasteiger partial charge in [0, 0.05) is 35.3 Å². The van der Waals surface area contributed by atoms with Crippen molar-refractivity contribution in [3.8, 4) is 0 Å². The van der Waals surface area contributed by atoms with Gasteiger partial charge in [0.05, 0.1) is 0 Å². The summed E-state index contributed by atoms with van der Waals surface area (Å²) >= 11 is 3.47. The predicted octanol–water partition coefficient (Wildman–Crippen LogP) is 3.95. The number of aromatic nitrogens is 3. The highest BCUT2D eigenvalue weighted by molar-refractivity contribution is 9.10. The molecule has 1 saturated heterocycles. The number of halogens is 1. The van der Waals surface area contributed by atoms with Gasteiger partial charge in [-0.1, -0.05) is 28.1 Å². The lowest BCUT2D eigenvalue weighted by Crippen LogP contribution is -2.39. The van der Waals surface area contributed by atoms with Crippen LogP contribution in [0.3, 0.4) is 0 Å². The molecule has 2 aromatic rings. The molecule has 0 spiro atoms. The van der Waals surface area contributed by atoms with Crippen LogP contribution in [-0.4, -0.2) is 39.1 Å². The minimum absolute atomic E-state index is 0.180. The average Bonchev–Trinajstić information content (AvgIpc) is 3.60. The third-order valence-corrected chi connectivity index (χ3v) is 6.59. The third-order valence-electron chi connectivity index (χ3n) is 6.06. The van der Waals surface area contributed by atoms with Gasteiger partial charge in [0.15, 0.2) is 5.82 Å². The summed E-state index contributed by atoms with van der Waals surface area (Å²) in [4.78, 5) is 19.6. The second-order valence-corrected chi connectivity index (χ2v) is 8.87. The highest BCUT2D eigenvalue weighted by Gasteiger charge is 2.46. The summed E-state index contributed by atoms with van der Waals surface area (Å²) < 4.78 is 1.09. The summed E-state index contributed by atoms with van der Waals surface area (Å²) in [6, 6.07) is 8.40. The van der Waals surface area contributed by atoms with Crippen LogP contribution in [0, 0.1) is 5.92 Å². The van der Waals surface area contributed by atoms with E-state index in [9.17, 15) is 4.79 Å². The molecule has 1 aliphatic heterocycles. The van der Waals surface area contributed by atoms with Gasteiger partial charge in [-0.25, -0.2) is 4.98 Å². The Morgan fingerprint density at radius 2 is 1.81 bits per heavy atom. The van der Waals surface area contributed by atoms with Crippen molar-refractivity contribution >= 4 is 21.8 Å². The van der Waals surface area contributed by atoms with Crippen LogP contribution in [0.5, 0.6) is 0 Å². The fourth-order valence-electron chi connectivity index (χ4n) is 4.15. The first-order chi connectivity index (χ1) is 12.7. The number of hydrogen-bond donors (Lipinski definition) is 1. The Balaban J connectivity index is 1.16. The van der Waals surface area contributed by atoms with E-state index in [1.165, 1.54) is 18.4 Å². The molecule has 1 aromatic carbocycles. The minimum atomic E-state index is 0.180. The first-order valence-electron chi connectivity index (χ1n) is 9.65. The molecule has 2 heterocycles. The van der Waals surface area contributed by atoms with E-state index in [0.717, 1.165) is 48.5 Å². The molecule has 1 amide bonds. The van der Waals surface area contributed by atoms with Gasteiger partial charge < -0.3 is 4.90 Å².